The molecule has 0 saturated heterocycles. The van der Waals surface area contributed by atoms with Crippen molar-refractivity contribution in [2.45, 2.75) is 0 Å². The number of nitrogens with one attached hydrogen (secondary N) is 2. The first-order valence-electron chi connectivity index (χ1n) is 6.74. The molecule has 2 N–H and O–H groups in total. The first kappa shape index (κ1) is 14.8. The van der Waals surface area contributed by atoms with Gasteiger partial charge in [0.05, 0.1) is 28.6 Å². The summed E-state index contributed by atoms with van der Waals surface area (Å²) in [7, 11) is 0. The van der Waals surface area contributed by atoms with Crippen molar-refractivity contribution >= 4 is 45.7 Å². The molecule has 112 valence electrons. The normalized spacial score (nSPS) is 10.2. The van der Waals surface area contributed by atoms with E-state index in [1.54, 1.807) is 12.5 Å². The molecular formula is C17H12ClN5. The summed E-state index contributed by atoms with van der Waals surface area (Å²) < 4.78 is 0. The minimum atomic E-state index is 0. The van der Waals surface area contributed by atoms with Gasteiger partial charge < -0.3 is 10.3 Å². The standard InChI is InChI=1S/C17H11N5.ClH/c1-2-11-4-3-5-13(6-11)22-17-15-12(8-18-9-20-15)7-14-16(17)21-10-19-14;/h1,3-10,22H,(H,19,21);1H. The summed E-state index contributed by atoms with van der Waals surface area (Å²) in [4.78, 5) is 15.9. The third-order valence-corrected chi connectivity index (χ3v) is 3.49. The van der Waals surface area contributed by atoms with Gasteiger partial charge in [-0.1, -0.05) is 12.0 Å². The summed E-state index contributed by atoms with van der Waals surface area (Å²) in [6.07, 6.45) is 10.4. The fourth-order valence-electron chi connectivity index (χ4n) is 2.49. The molecule has 0 unspecified atom stereocenters. The number of aromatic nitrogens is 4. The summed E-state index contributed by atoms with van der Waals surface area (Å²) in [5.74, 6) is 2.64. The number of benzene rings is 2. The average molecular weight is 322 g/mol. The lowest BCUT2D eigenvalue weighted by Gasteiger charge is -2.10. The lowest BCUT2D eigenvalue weighted by atomic mass is 10.1. The molecule has 4 aromatic rings. The Hall–Kier alpha value is -3.10. The Labute approximate surface area is 138 Å². The van der Waals surface area contributed by atoms with Crippen LogP contribution in [-0.2, 0) is 0 Å². The number of hydrogen-bond donors (Lipinski definition) is 2. The molecule has 2 aromatic heterocycles. The van der Waals surface area contributed by atoms with Gasteiger partial charge in [0.15, 0.2) is 0 Å². The molecule has 0 aliphatic heterocycles. The second kappa shape index (κ2) is 5.95. The Balaban J connectivity index is 0.00000156. The summed E-state index contributed by atoms with van der Waals surface area (Å²) in [6.45, 7) is 0. The summed E-state index contributed by atoms with van der Waals surface area (Å²) >= 11 is 0. The first-order valence-corrected chi connectivity index (χ1v) is 6.74. The Bertz CT molecular complexity index is 1030. The van der Waals surface area contributed by atoms with Crippen LogP contribution in [0.5, 0.6) is 0 Å². The van der Waals surface area contributed by atoms with E-state index in [-0.39, 0.29) is 12.4 Å². The van der Waals surface area contributed by atoms with Crippen molar-refractivity contribution in [3.63, 3.8) is 0 Å². The second-order valence-electron chi connectivity index (χ2n) is 4.86. The van der Waals surface area contributed by atoms with Crippen molar-refractivity contribution in [2.24, 2.45) is 0 Å². The largest absolute Gasteiger partial charge is 0.352 e. The van der Waals surface area contributed by atoms with Gasteiger partial charge in [-0.25, -0.2) is 15.0 Å². The maximum Gasteiger partial charge on any atom is 0.116 e. The monoisotopic (exact) mass is 321 g/mol. The summed E-state index contributed by atoms with van der Waals surface area (Å²) in [5, 5.41) is 4.32. The van der Waals surface area contributed by atoms with E-state index >= 15 is 0 Å². The SMILES string of the molecule is C#Cc1cccc(Nc2c3ncncc3cc3nc[nH]c23)c1.Cl. The topological polar surface area (TPSA) is 66.5 Å². The maximum atomic E-state index is 5.46. The predicted molar refractivity (Wildman–Crippen MR) is 94.1 cm³/mol. The number of H-pyrrole nitrogens is 1. The number of imidazole rings is 1. The molecule has 0 aliphatic carbocycles. The van der Waals surface area contributed by atoms with Crippen LogP contribution in [0, 0.1) is 12.3 Å². The number of hydrogen-bond acceptors (Lipinski definition) is 4. The van der Waals surface area contributed by atoms with Gasteiger partial charge in [0, 0.05) is 22.8 Å². The number of aromatic amines is 1. The average Bonchev–Trinajstić information content (AvgIpc) is 3.03. The van der Waals surface area contributed by atoms with Crippen LogP contribution in [0.15, 0.2) is 49.2 Å². The van der Waals surface area contributed by atoms with Crippen LogP contribution in [0.4, 0.5) is 11.4 Å². The van der Waals surface area contributed by atoms with Crippen molar-refractivity contribution in [3.05, 3.63) is 54.7 Å². The Morgan fingerprint density at radius 1 is 1.17 bits per heavy atom. The van der Waals surface area contributed by atoms with Crippen molar-refractivity contribution < 1.29 is 0 Å². The van der Waals surface area contributed by atoms with Gasteiger partial charge in [-0.15, -0.1) is 18.8 Å². The minimum Gasteiger partial charge on any atom is -0.352 e. The van der Waals surface area contributed by atoms with Crippen LogP contribution in [0.2, 0.25) is 0 Å². The lowest BCUT2D eigenvalue weighted by molar-refractivity contribution is 1.22. The highest BCUT2D eigenvalue weighted by atomic mass is 35.5. The quantitative estimate of drug-likeness (QED) is 0.553. The van der Waals surface area contributed by atoms with E-state index in [0.29, 0.717) is 0 Å². The van der Waals surface area contributed by atoms with Gasteiger partial charge in [-0.3, -0.25) is 0 Å². The third-order valence-electron chi connectivity index (χ3n) is 3.49. The molecular weight excluding hydrogens is 310 g/mol. The van der Waals surface area contributed by atoms with E-state index in [4.69, 9.17) is 6.42 Å². The van der Waals surface area contributed by atoms with Crippen LogP contribution in [0.3, 0.4) is 0 Å². The van der Waals surface area contributed by atoms with Crippen LogP contribution >= 0.6 is 12.4 Å². The summed E-state index contributed by atoms with van der Waals surface area (Å²) in [6, 6.07) is 9.65. The highest BCUT2D eigenvalue weighted by molar-refractivity contribution is 6.07. The molecule has 5 nitrogen and oxygen atoms in total. The van der Waals surface area contributed by atoms with E-state index in [1.165, 1.54) is 6.33 Å². The Morgan fingerprint density at radius 2 is 2.09 bits per heavy atom. The van der Waals surface area contributed by atoms with Gasteiger partial charge in [0.1, 0.15) is 6.33 Å². The van der Waals surface area contributed by atoms with Gasteiger partial charge in [-0.2, -0.15) is 0 Å². The molecule has 4 rings (SSSR count). The zero-order chi connectivity index (χ0) is 14.9. The fourth-order valence-corrected chi connectivity index (χ4v) is 2.49. The van der Waals surface area contributed by atoms with Crippen molar-refractivity contribution in [2.75, 3.05) is 5.32 Å². The minimum absolute atomic E-state index is 0. The number of halogens is 1. The first-order chi connectivity index (χ1) is 10.8. The molecule has 0 aliphatic rings. The van der Waals surface area contributed by atoms with Gasteiger partial charge in [0.25, 0.3) is 0 Å². The third kappa shape index (κ3) is 2.56. The summed E-state index contributed by atoms with van der Waals surface area (Å²) in [5.41, 5.74) is 5.17. The van der Waals surface area contributed by atoms with Crippen LogP contribution in [0.1, 0.15) is 5.56 Å². The molecule has 0 saturated carbocycles. The van der Waals surface area contributed by atoms with Crippen molar-refractivity contribution in [1.82, 2.24) is 19.9 Å². The van der Waals surface area contributed by atoms with Gasteiger partial charge in [-0.05, 0) is 24.3 Å². The highest BCUT2D eigenvalue weighted by Gasteiger charge is 2.11. The number of rotatable bonds is 2. The molecule has 2 heterocycles. The number of anilines is 2. The van der Waals surface area contributed by atoms with E-state index in [0.717, 1.165) is 38.9 Å². The predicted octanol–water partition coefficient (Wildman–Crippen LogP) is 3.65. The number of nitrogens with zero attached hydrogens (tertiary/aromatic N) is 3. The van der Waals surface area contributed by atoms with Crippen LogP contribution in [-0.4, -0.2) is 19.9 Å². The highest BCUT2D eigenvalue weighted by Crippen LogP contribution is 2.31. The molecule has 0 radical (unpaired) electrons. The van der Waals surface area contributed by atoms with E-state index in [9.17, 15) is 0 Å². The van der Waals surface area contributed by atoms with E-state index in [2.05, 4.69) is 31.2 Å². The molecule has 0 bridgehead atoms. The molecule has 23 heavy (non-hydrogen) atoms. The van der Waals surface area contributed by atoms with Crippen LogP contribution in [0.25, 0.3) is 21.9 Å². The Morgan fingerprint density at radius 3 is 2.96 bits per heavy atom. The molecule has 0 amide bonds. The maximum absolute atomic E-state index is 5.46. The molecule has 0 fully saturated rings. The zero-order valence-corrected chi connectivity index (χ0v) is 12.8. The van der Waals surface area contributed by atoms with Crippen molar-refractivity contribution in [1.29, 1.82) is 0 Å². The molecule has 0 atom stereocenters. The van der Waals surface area contributed by atoms with Gasteiger partial charge >= 0.3 is 0 Å². The van der Waals surface area contributed by atoms with E-state index < -0.39 is 0 Å². The molecule has 6 heteroatoms. The van der Waals surface area contributed by atoms with Crippen LogP contribution < -0.4 is 5.32 Å². The second-order valence-corrected chi connectivity index (χ2v) is 4.86. The zero-order valence-electron chi connectivity index (χ0n) is 11.9. The smallest absolute Gasteiger partial charge is 0.116 e. The lowest BCUT2D eigenvalue weighted by Crippen LogP contribution is -1.95. The molecule has 0 spiro atoms. The Kier molecular flexibility index (Phi) is 3.83. The van der Waals surface area contributed by atoms with Gasteiger partial charge in [0.2, 0.25) is 0 Å². The van der Waals surface area contributed by atoms with E-state index in [1.807, 2.05) is 30.3 Å². The van der Waals surface area contributed by atoms with Crippen molar-refractivity contribution in [3.8, 4) is 12.3 Å². The molecule has 2 aromatic carbocycles. The number of terminal acetylenes is 1. The fraction of sp³-hybridized carbons (Fsp3) is 0. The number of fused-ring (bicyclic) bond motifs is 2.